The third kappa shape index (κ3) is 8.20. The number of carbonyl (C=O) groups excluding carboxylic acids is 4. The maximum atomic E-state index is 13.5. The molecule has 42 heavy (non-hydrogen) atoms. The van der Waals surface area contributed by atoms with Crippen LogP contribution in [0, 0.1) is 0 Å². The molecule has 1 fully saturated rings. The van der Waals surface area contributed by atoms with E-state index in [1.807, 2.05) is 12.1 Å². The molecule has 0 bridgehead atoms. The summed E-state index contributed by atoms with van der Waals surface area (Å²) >= 11 is 7.23. The van der Waals surface area contributed by atoms with Crippen LogP contribution in [-0.4, -0.2) is 58.8 Å². The first-order valence-electron chi connectivity index (χ1n) is 13.4. The van der Waals surface area contributed by atoms with Gasteiger partial charge in [-0.25, -0.2) is 14.6 Å². The van der Waals surface area contributed by atoms with Crippen LogP contribution in [0.15, 0.2) is 77.8 Å². The van der Waals surface area contributed by atoms with Crippen LogP contribution in [0.4, 0.5) is 11.4 Å². The van der Waals surface area contributed by atoms with Gasteiger partial charge in [0.15, 0.2) is 5.17 Å². The summed E-state index contributed by atoms with van der Waals surface area (Å²) in [6, 6.07) is 20.4. The van der Waals surface area contributed by atoms with Crippen LogP contribution in [0.2, 0.25) is 5.02 Å². The van der Waals surface area contributed by atoms with Gasteiger partial charge in [0.2, 0.25) is 11.8 Å². The molecule has 1 atom stereocenters. The van der Waals surface area contributed by atoms with Crippen LogP contribution in [0.5, 0.6) is 0 Å². The Balaban J connectivity index is 1.47. The van der Waals surface area contributed by atoms with Gasteiger partial charge in [0.05, 0.1) is 30.0 Å². The Kier molecular flexibility index (Phi) is 10.7. The van der Waals surface area contributed by atoms with Gasteiger partial charge in [-0.2, -0.15) is 0 Å². The highest BCUT2D eigenvalue weighted by atomic mass is 35.5. The Morgan fingerprint density at radius 1 is 0.881 bits per heavy atom. The lowest BCUT2D eigenvalue weighted by Crippen LogP contribution is -2.35. The lowest BCUT2D eigenvalue weighted by molar-refractivity contribution is -0.128. The Morgan fingerprint density at radius 2 is 1.45 bits per heavy atom. The van der Waals surface area contributed by atoms with Crippen LogP contribution in [-0.2, 0) is 25.5 Å². The highest BCUT2D eigenvalue weighted by molar-refractivity contribution is 8.15. The largest absolute Gasteiger partial charge is 0.462 e. The van der Waals surface area contributed by atoms with Crippen LogP contribution in [0.25, 0.3) is 0 Å². The van der Waals surface area contributed by atoms with Crippen LogP contribution >= 0.6 is 23.4 Å². The average molecular weight is 608 g/mol. The maximum absolute atomic E-state index is 13.5. The smallest absolute Gasteiger partial charge is 0.338 e. The van der Waals surface area contributed by atoms with Gasteiger partial charge in [-0.05, 0) is 86.5 Å². The molecule has 3 aromatic rings. The van der Waals surface area contributed by atoms with Crippen molar-refractivity contribution in [1.82, 2.24) is 4.90 Å². The van der Waals surface area contributed by atoms with E-state index in [4.69, 9.17) is 21.1 Å². The second-order valence-corrected chi connectivity index (χ2v) is 10.8. The predicted octanol–water partition coefficient (Wildman–Crippen LogP) is 5.90. The molecule has 4 rings (SSSR count). The van der Waals surface area contributed by atoms with E-state index in [1.54, 1.807) is 79.4 Å². The molecular weight excluding hydrogens is 578 g/mol. The number of halogens is 1. The molecule has 0 radical (unpaired) electrons. The zero-order valence-electron chi connectivity index (χ0n) is 23.2. The summed E-state index contributed by atoms with van der Waals surface area (Å²) in [5, 5.41) is 3.20. The van der Waals surface area contributed by atoms with E-state index in [-0.39, 0.29) is 31.4 Å². The average Bonchev–Trinajstić information content (AvgIpc) is 3.26. The van der Waals surface area contributed by atoms with Gasteiger partial charge in [0.1, 0.15) is 5.25 Å². The van der Waals surface area contributed by atoms with Gasteiger partial charge in [-0.1, -0.05) is 35.5 Å². The molecule has 2 amide bonds. The van der Waals surface area contributed by atoms with E-state index in [9.17, 15) is 19.2 Å². The molecule has 1 N–H and O–H groups in total. The summed E-state index contributed by atoms with van der Waals surface area (Å²) in [6.07, 6.45) is 0.497. The highest BCUT2D eigenvalue weighted by Gasteiger charge is 2.39. The zero-order valence-corrected chi connectivity index (χ0v) is 24.7. The molecule has 0 spiro atoms. The number of nitrogens with zero attached hydrogens (tertiary/aromatic N) is 2. The van der Waals surface area contributed by atoms with E-state index >= 15 is 0 Å². The van der Waals surface area contributed by atoms with Crippen molar-refractivity contribution in [2.75, 3.05) is 25.1 Å². The van der Waals surface area contributed by atoms with Crippen molar-refractivity contribution in [2.45, 2.75) is 31.9 Å². The van der Waals surface area contributed by atoms with Gasteiger partial charge in [-0.3, -0.25) is 14.5 Å². The van der Waals surface area contributed by atoms with E-state index < -0.39 is 17.2 Å². The van der Waals surface area contributed by atoms with Crippen molar-refractivity contribution in [2.24, 2.45) is 4.99 Å². The first-order chi connectivity index (χ1) is 20.3. The van der Waals surface area contributed by atoms with Gasteiger partial charge in [0.25, 0.3) is 0 Å². The van der Waals surface area contributed by atoms with Crippen molar-refractivity contribution in [1.29, 1.82) is 0 Å². The molecule has 1 aliphatic rings. The molecular formula is C31H30ClN3O6S. The number of benzene rings is 3. The van der Waals surface area contributed by atoms with Gasteiger partial charge >= 0.3 is 11.9 Å². The van der Waals surface area contributed by atoms with Crippen molar-refractivity contribution in [3.63, 3.8) is 0 Å². The van der Waals surface area contributed by atoms with Crippen molar-refractivity contribution >= 4 is 63.7 Å². The number of ether oxygens (including phenoxy) is 2. The van der Waals surface area contributed by atoms with E-state index in [1.165, 1.54) is 11.8 Å². The zero-order chi connectivity index (χ0) is 30.1. The summed E-state index contributed by atoms with van der Waals surface area (Å²) in [5.74, 6) is -1.43. The number of anilines is 1. The number of amides is 2. The Bertz CT molecular complexity index is 1460. The molecule has 0 aliphatic carbocycles. The molecule has 11 heteroatoms. The number of hydrogen-bond donors (Lipinski definition) is 1. The number of esters is 2. The predicted molar refractivity (Wildman–Crippen MR) is 163 cm³/mol. The number of nitrogens with one attached hydrogen (secondary N) is 1. The summed E-state index contributed by atoms with van der Waals surface area (Å²) in [4.78, 5) is 56.5. The van der Waals surface area contributed by atoms with Crippen LogP contribution in [0.1, 0.15) is 46.5 Å². The van der Waals surface area contributed by atoms with Crippen LogP contribution in [0.3, 0.4) is 0 Å². The number of amidine groups is 1. The SMILES string of the molecule is CCOC(=O)c1ccc(N=C2S[C@@H](CC(=O)Nc3ccc(C(=O)OCC)cc3)C(=O)N2CCc2ccc(Cl)cc2)cc1. The molecule has 218 valence electrons. The summed E-state index contributed by atoms with van der Waals surface area (Å²) < 4.78 is 10.0. The second-order valence-electron chi connectivity index (χ2n) is 9.18. The number of rotatable bonds is 11. The number of hydrogen-bond acceptors (Lipinski definition) is 8. The van der Waals surface area contributed by atoms with Crippen molar-refractivity contribution < 1.29 is 28.7 Å². The number of carbonyl (C=O) groups is 4. The quantitative estimate of drug-likeness (QED) is 0.270. The standard InChI is InChI=1S/C31H30ClN3O6S/c1-3-40-29(38)21-7-13-24(14-8-21)33-27(36)19-26-28(37)35(18-17-20-5-11-23(32)12-6-20)31(42-26)34-25-15-9-22(10-16-25)30(39)41-4-2/h5-16,26H,3-4,17-19H2,1-2H3,(H,33,36)/t26-/m0/s1. The lowest BCUT2D eigenvalue weighted by atomic mass is 10.1. The lowest BCUT2D eigenvalue weighted by Gasteiger charge is -2.16. The van der Waals surface area contributed by atoms with Crippen molar-refractivity contribution in [3.8, 4) is 0 Å². The highest BCUT2D eigenvalue weighted by Crippen LogP contribution is 2.32. The van der Waals surface area contributed by atoms with Crippen molar-refractivity contribution in [3.05, 3.63) is 94.5 Å². The fraction of sp³-hybridized carbons (Fsp3) is 0.258. The molecule has 0 saturated carbocycles. The Labute approximate surface area is 253 Å². The summed E-state index contributed by atoms with van der Waals surface area (Å²) in [5.41, 5.74) is 2.84. The summed E-state index contributed by atoms with van der Waals surface area (Å²) in [6.45, 7) is 4.37. The molecule has 1 saturated heterocycles. The third-order valence-electron chi connectivity index (χ3n) is 6.21. The number of aliphatic imine (C=N–C) groups is 1. The third-order valence-corrected chi connectivity index (χ3v) is 7.64. The Hall–Kier alpha value is -4.15. The topological polar surface area (TPSA) is 114 Å². The number of thioether (sulfide) groups is 1. The first-order valence-corrected chi connectivity index (χ1v) is 14.7. The normalized spacial score (nSPS) is 15.5. The first kappa shape index (κ1) is 30.8. The molecule has 9 nitrogen and oxygen atoms in total. The Morgan fingerprint density at radius 3 is 2.02 bits per heavy atom. The van der Waals surface area contributed by atoms with Gasteiger partial charge < -0.3 is 14.8 Å². The van der Waals surface area contributed by atoms with Gasteiger partial charge in [0, 0.05) is 23.7 Å². The molecule has 1 heterocycles. The monoisotopic (exact) mass is 607 g/mol. The minimum atomic E-state index is -0.674. The maximum Gasteiger partial charge on any atom is 0.338 e. The van der Waals surface area contributed by atoms with E-state index in [0.717, 1.165) is 5.56 Å². The van der Waals surface area contributed by atoms with Gasteiger partial charge in [-0.15, -0.1) is 0 Å². The fourth-order valence-electron chi connectivity index (χ4n) is 4.10. The minimum absolute atomic E-state index is 0.0681. The second kappa shape index (κ2) is 14.7. The van der Waals surface area contributed by atoms with E-state index in [0.29, 0.717) is 45.7 Å². The molecule has 0 aromatic heterocycles. The minimum Gasteiger partial charge on any atom is -0.462 e. The molecule has 3 aromatic carbocycles. The summed E-state index contributed by atoms with van der Waals surface area (Å²) in [7, 11) is 0. The van der Waals surface area contributed by atoms with Crippen LogP contribution < -0.4 is 5.32 Å². The molecule has 0 unspecified atom stereocenters. The van der Waals surface area contributed by atoms with E-state index in [2.05, 4.69) is 10.3 Å². The fourth-order valence-corrected chi connectivity index (χ4v) is 5.41. The molecule has 1 aliphatic heterocycles.